The lowest BCUT2D eigenvalue weighted by atomic mass is 10.1. The molecule has 0 spiro atoms. The SMILES string of the molecule is C=C(C(=O)O[C@@H](C)c1ccccc1)[C@@H](CO[Si](C)(C)C(C)(C)C)O[Si](C)(C)C(C)(C)C. The molecular weight excluding hydrogens is 420 g/mol. The van der Waals surface area contributed by atoms with Crippen LogP contribution in [-0.2, 0) is 18.4 Å². The highest BCUT2D eigenvalue weighted by molar-refractivity contribution is 6.74. The monoisotopic (exact) mass is 464 g/mol. The molecule has 0 bridgehead atoms. The Labute approximate surface area is 192 Å². The largest absolute Gasteiger partial charge is 0.454 e. The molecule has 0 aliphatic heterocycles. The summed E-state index contributed by atoms with van der Waals surface area (Å²) in [4.78, 5) is 13.0. The summed E-state index contributed by atoms with van der Waals surface area (Å²) in [5.74, 6) is -0.432. The van der Waals surface area contributed by atoms with Gasteiger partial charge in [-0.3, -0.25) is 0 Å². The Morgan fingerprint density at radius 2 is 1.42 bits per heavy atom. The zero-order valence-corrected chi connectivity index (χ0v) is 23.6. The molecule has 176 valence electrons. The van der Waals surface area contributed by atoms with Crippen LogP contribution in [0.1, 0.15) is 60.1 Å². The minimum absolute atomic E-state index is 0.00371. The molecule has 0 unspecified atom stereocenters. The first-order valence-electron chi connectivity index (χ1n) is 11.2. The summed E-state index contributed by atoms with van der Waals surface area (Å²) >= 11 is 0. The molecule has 0 radical (unpaired) electrons. The van der Waals surface area contributed by atoms with Crippen molar-refractivity contribution in [3.63, 3.8) is 0 Å². The van der Waals surface area contributed by atoms with Crippen molar-refractivity contribution < 1.29 is 18.4 Å². The molecule has 0 aliphatic rings. The number of hydrogen-bond acceptors (Lipinski definition) is 4. The molecule has 0 heterocycles. The highest BCUT2D eigenvalue weighted by Gasteiger charge is 2.43. The number of hydrogen-bond donors (Lipinski definition) is 0. The van der Waals surface area contributed by atoms with Crippen LogP contribution in [0.2, 0.25) is 36.3 Å². The fourth-order valence-electron chi connectivity index (χ4n) is 2.40. The maximum atomic E-state index is 13.0. The van der Waals surface area contributed by atoms with Gasteiger partial charge >= 0.3 is 5.97 Å². The molecule has 0 saturated carbocycles. The van der Waals surface area contributed by atoms with Crippen LogP contribution in [-0.4, -0.2) is 35.3 Å². The first kappa shape index (κ1) is 27.8. The predicted octanol–water partition coefficient (Wildman–Crippen LogP) is 7.26. The molecule has 4 nitrogen and oxygen atoms in total. The van der Waals surface area contributed by atoms with E-state index in [1.54, 1.807) is 0 Å². The van der Waals surface area contributed by atoms with Crippen molar-refractivity contribution >= 4 is 22.6 Å². The van der Waals surface area contributed by atoms with Crippen LogP contribution in [0.4, 0.5) is 0 Å². The normalized spacial score (nSPS) is 15.3. The van der Waals surface area contributed by atoms with Crippen molar-refractivity contribution in [3.05, 3.63) is 48.0 Å². The smallest absolute Gasteiger partial charge is 0.336 e. The number of benzene rings is 1. The van der Waals surface area contributed by atoms with Crippen molar-refractivity contribution in [2.24, 2.45) is 0 Å². The molecule has 6 heteroatoms. The van der Waals surface area contributed by atoms with E-state index < -0.39 is 28.7 Å². The summed E-state index contributed by atoms with van der Waals surface area (Å²) in [6.07, 6.45) is -0.884. The number of ether oxygens (including phenoxy) is 1. The molecular formula is C25H44O4Si2. The molecule has 31 heavy (non-hydrogen) atoms. The fourth-order valence-corrected chi connectivity index (χ4v) is 4.67. The van der Waals surface area contributed by atoms with Crippen molar-refractivity contribution in [1.82, 2.24) is 0 Å². The molecule has 1 aromatic carbocycles. The minimum Gasteiger partial charge on any atom is -0.454 e. The fraction of sp³-hybridized carbons (Fsp3) is 0.640. The summed E-state index contributed by atoms with van der Waals surface area (Å²) in [7, 11) is -4.17. The minimum atomic E-state index is -2.16. The lowest BCUT2D eigenvalue weighted by Crippen LogP contribution is -2.49. The lowest BCUT2D eigenvalue weighted by molar-refractivity contribution is -0.145. The molecule has 0 aromatic heterocycles. The summed E-state index contributed by atoms with van der Waals surface area (Å²) in [6, 6.07) is 9.71. The van der Waals surface area contributed by atoms with Crippen molar-refractivity contribution in [3.8, 4) is 0 Å². The lowest BCUT2D eigenvalue weighted by Gasteiger charge is -2.41. The number of carbonyl (C=O) groups excluding carboxylic acids is 1. The Hall–Kier alpha value is -1.22. The Morgan fingerprint density at radius 1 is 0.935 bits per heavy atom. The third kappa shape index (κ3) is 7.70. The standard InChI is InChI=1S/C25H44O4Si2/c1-19(23(26)28-20(2)21-16-14-13-15-17-21)22(29-31(11,12)25(6,7)8)18-27-30(9,10)24(3,4)5/h13-17,20,22H,1,18H2,2-12H3/t20-,22+/m0/s1. The van der Waals surface area contributed by atoms with Gasteiger partial charge in [-0.15, -0.1) is 0 Å². The van der Waals surface area contributed by atoms with Gasteiger partial charge in [0.1, 0.15) is 6.10 Å². The van der Waals surface area contributed by atoms with Gasteiger partial charge < -0.3 is 13.6 Å². The zero-order chi connectivity index (χ0) is 24.3. The Kier molecular flexibility index (Phi) is 9.11. The van der Waals surface area contributed by atoms with Crippen molar-refractivity contribution in [2.75, 3.05) is 6.61 Å². The molecule has 1 aromatic rings. The Balaban J connectivity index is 3.05. The predicted molar refractivity (Wildman–Crippen MR) is 135 cm³/mol. The van der Waals surface area contributed by atoms with E-state index in [9.17, 15) is 4.79 Å². The summed E-state index contributed by atoms with van der Waals surface area (Å²) in [5.41, 5.74) is 1.27. The van der Waals surface area contributed by atoms with Gasteiger partial charge in [0, 0.05) is 0 Å². The summed E-state index contributed by atoms with van der Waals surface area (Å²) in [6.45, 7) is 28.2. The third-order valence-corrected chi connectivity index (χ3v) is 15.8. The molecule has 0 amide bonds. The van der Waals surface area contributed by atoms with Crippen LogP contribution >= 0.6 is 0 Å². The summed E-state index contributed by atoms with van der Waals surface area (Å²) < 4.78 is 18.8. The van der Waals surface area contributed by atoms with Gasteiger partial charge in [-0.2, -0.15) is 0 Å². The van der Waals surface area contributed by atoms with E-state index in [0.717, 1.165) is 5.56 Å². The van der Waals surface area contributed by atoms with E-state index in [4.69, 9.17) is 13.6 Å². The van der Waals surface area contributed by atoms with E-state index in [1.807, 2.05) is 37.3 Å². The molecule has 2 atom stereocenters. The molecule has 0 aliphatic carbocycles. The molecule has 0 N–H and O–H groups in total. The van der Waals surface area contributed by atoms with Crippen LogP contribution in [0, 0.1) is 0 Å². The van der Waals surface area contributed by atoms with E-state index in [-0.39, 0.29) is 16.2 Å². The van der Waals surface area contributed by atoms with E-state index in [1.165, 1.54) is 0 Å². The summed E-state index contributed by atoms with van der Waals surface area (Å²) in [5, 5.41) is 0.0714. The number of carbonyl (C=O) groups is 1. The highest BCUT2D eigenvalue weighted by atomic mass is 28.4. The van der Waals surface area contributed by atoms with Crippen LogP contribution in [0.25, 0.3) is 0 Å². The molecule has 1 rings (SSSR count). The highest BCUT2D eigenvalue weighted by Crippen LogP contribution is 2.40. The van der Waals surface area contributed by atoms with Gasteiger partial charge in [0.15, 0.2) is 16.6 Å². The van der Waals surface area contributed by atoms with E-state index >= 15 is 0 Å². The van der Waals surface area contributed by atoms with Crippen LogP contribution in [0.15, 0.2) is 42.5 Å². The second kappa shape index (κ2) is 10.2. The van der Waals surface area contributed by atoms with Gasteiger partial charge in [-0.1, -0.05) is 78.5 Å². The van der Waals surface area contributed by atoms with Crippen molar-refractivity contribution in [1.29, 1.82) is 0 Å². The first-order valence-corrected chi connectivity index (χ1v) is 17.0. The Bertz CT molecular complexity index is 743. The average Bonchev–Trinajstić information content (AvgIpc) is 2.63. The molecule has 0 fully saturated rings. The van der Waals surface area contributed by atoms with Gasteiger partial charge in [0.25, 0.3) is 0 Å². The maximum absolute atomic E-state index is 13.0. The third-order valence-electron chi connectivity index (χ3n) is 6.85. The topological polar surface area (TPSA) is 44.8 Å². The number of rotatable bonds is 9. The second-order valence-corrected chi connectivity index (χ2v) is 21.0. The molecule has 0 saturated heterocycles. The van der Waals surface area contributed by atoms with Crippen LogP contribution < -0.4 is 0 Å². The van der Waals surface area contributed by atoms with Crippen molar-refractivity contribution in [2.45, 2.75) is 96.9 Å². The number of esters is 1. The maximum Gasteiger partial charge on any atom is 0.336 e. The van der Waals surface area contributed by atoms with Gasteiger partial charge in [-0.25, -0.2) is 4.79 Å². The van der Waals surface area contributed by atoms with Gasteiger partial charge in [-0.05, 0) is 48.8 Å². The zero-order valence-electron chi connectivity index (χ0n) is 21.6. The second-order valence-electron chi connectivity index (χ2n) is 11.4. The first-order chi connectivity index (χ1) is 13.9. The van der Waals surface area contributed by atoms with Gasteiger partial charge in [0.2, 0.25) is 0 Å². The quantitative estimate of drug-likeness (QED) is 0.219. The van der Waals surface area contributed by atoms with E-state index in [2.05, 4.69) is 74.3 Å². The van der Waals surface area contributed by atoms with E-state index in [0.29, 0.717) is 12.2 Å². The average molecular weight is 465 g/mol. The van der Waals surface area contributed by atoms with Gasteiger partial charge in [0.05, 0.1) is 18.3 Å². The van der Waals surface area contributed by atoms with Crippen LogP contribution in [0.3, 0.4) is 0 Å². The van der Waals surface area contributed by atoms with Crippen LogP contribution in [0.5, 0.6) is 0 Å². The Morgan fingerprint density at radius 3 is 1.87 bits per heavy atom.